The number of aryl methyl sites for hydroxylation is 1. The molecule has 1 unspecified atom stereocenters. The highest BCUT2D eigenvalue weighted by Crippen LogP contribution is 2.35. The summed E-state index contributed by atoms with van der Waals surface area (Å²) in [6, 6.07) is 8.23. The molecule has 0 aliphatic carbocycles. The van der Waals surface area contributed by atoms with E-state index in [0.29, 0.717) is 6.61 Å². The van der Waals surface area contributed by atoms with Crippen molar-refractivity contribution in [2.45, 2.75) is 31.7 Å². The molecule has 1 amide bonds. The molecular weight excluding hydrogens is 252 g/mol. The molecule has 0 bridgehead atoms. The van der Waals surface area contributed by atoms with E-state index < -0.39 is 0 Å². The molecule has 1 aromatic rings. The topological polar surface area (TPSA) is 41.6 Å². The van der Waals surface area contributed by atoms with Crippen LogP contribution >= 0.6 is 0 Å². The molecule has 2 fully saturated rings. The van der Waals surface area contributed by atoms with E-state index in [1.54, 1.807) is 0 Å². The van der Waals surface area contributed by atoms with E-state index in [2.05, 4.69) is 24.4 Å². The fourth-order valence-electron chi connectivity index (χ4n) is 3.39. The lowest BCUT2D eigenvalue weighted by Gasteiger charge is -2.46. The standard InChI is InChI=1S/C16H22N2O2/c1-13-4-2-5-14(10-13)18-15(19)11-20-12-16(18)6-3-8-17-9-7-16/h2,4-5,10,17H,3,6-9,11-12H2,1H3. The van der Waals surface area contributed by atoms with Crippen molar-refractivity contribution in [3.63, 3.8) is 0 Å². The molecule has 4 heteroatoms. The van der Waals surface area contributed by atoms with Crippen LogP contribution in [0.25, 0.3) is 0 Å². The predicted molar refractivity (Wildman–Crippen MR) is 78.9 cm³/mol. The van der Waals surface area contributed by atoms with E-state index in [4.69, 9.17) is 4.74 Å². The third kappa shape index (κ3) is 2.45. The molecule has 2 saturated heterocycles. The highest BCUT2D eigenvalue weighted by atomic mass is 16.5. The van der Waals surface area contributed by atoms with Gasteiger partial charge in [0.05, 0.1) is 12.1 Å². The number of anilines is 1. The first-order valence-corrected chi connectivity index (χ1v) is 7.39. The van der Waals surface area contributed by atoms with Crippen molar-refractivity contribution in [1.29, 1.82) is 0 Å². The van der Waals surface area contributed by atoms with Crippen molar-refractivity contribution in [1.82, 2.24) is 5.32 Å². The third-order valence-corrected chi connectivity index (χ3v) is 4.34. The van der Waals surface area contributed by atoms with Crippen LogP contribution in [0.1, 0.15) is 24.8 Å². The van der Waals surface area contributed by atoms with Gasteiger partial charge < -0.3 is 15.0 Å². The Bertz CT molecular complexity index is 493. The maximum atomic E-state index is 12.5. The van der Waals surface area contributed by atoms with E-state index >= 15 is 0 Å². The molecule has 1 spiro atoms. The number of ether oxygens (including phenoxy) is 1. The molecule has 0 aromatic heterocycles. The number of nitrogens with zero attached hydrogens (tertiary/aromatic N) is 1. The number of amides is 1. The van der Waals surface area contributed by atoms with Crippen LogP contribution in [0.5, 0.6) is 0 Å². The van der Waals surface area contributed by atoms with Crippen LogP contribution in [-0.4, -0.2) is 37.7 Å². The maximum Gasteiger partial charge on any atom is 0.253 e. The Kier molecular flexibility index (Phi) is 3.76. The monoisotopic (exact) mass is 274 g/mol. The molecule has 0 radical (unpaired) electrons. The lowest BCUT2D eigenvalue weighted by molar-refractivity contribution is -0.130. The van der Waals surface area contributed by atoms with Crippen LogP contribution in [0.3, 0.4) is 0 Å². The number of morpholine rings is 1. The largest absolute Gasteiger partial charge is 0.369 e. The van der Waals surface area contributed by atoms with Gasteiger partial charge in [-0.3, -0.25) is 4.79 Å². The molecular formula is C16H22N2O2. The number of nitrogens with one attached hydrogen (secondary N) is 1. The second-order valence-electron chi connectivity index (χ2n) is 5.89. The summed E-state index contributed by atoms with van der Waals surface area (Å²) in [4.78, 5) is 14.5. The third-order valence-electron chi connectivity index (χ3n) is 4.34. The smallest absolute Gasteiger partial charge is 0.253 e. The molecule has 20 heavy (non-hydrogen) atoms. The second kappa shape index (κ2) is 5.54. The fourth-order valence-corrected chi connectivity index (χ4v) is 3.39. The van der Waals surface area contributed by atoms with Crippen LogP contribution in [0.15, 0.2) is 24.3 Å². The normalized spacial score (nSPS) is 27.6. The SMILES string of the molecule is Cc1cccc(N2C(=O)COCC23CCCNCC3)c1. The van der Waals surface area contributed by atoms with E-state index in [9.17, 15) is 4.79 Å². The van der Waals surface area contributed by atoms with Gasteiger partial charge in [0.25, 0.3) is 5.91 Å². The number of carbonyl (C=O) groups is 1. The molecule has 108 valence electrons. The first-order valence-electron chi connectivity index (χ1n) is 7.39. The van der Waals surface area contributed by atoms with Crippen LogP contribution in [0, 0.1) is 6.92 Å². The van der Waals surface area contributed by atoms with Crippen LogP contribution < -0.4 is 10.2 Å². The van der Waals surface area contributed by atoms with Gasteiger partial charge in [-0.15, -0.1) is 0 Å². The van der Waals surface area contributed by atoms with Crippen molar-refractivity contribution in [3.8, 4) is 0 Å². The Morgan fingerprint density at radius 1 is 1.30 bits per heavy atom. The number of hydrogen-bond acceptors (Lipinski definition) is 3. The molecule has 0 saturated carbocycles. The molecule has 2 aliphatic heterocycles. The van der Waals surface area contributed by atoms with Crippen LogP contribution in [0.4, 0.5) is 5.69 Å². The van der Waals surface area contributed by atoms with Gasteiger partial charge in [0, 0.05) is 5.69 Å². The minimum absolute atomic E-state index is 0.0868. The molecule has 1 N–H and O–H groups in total. The highest BCUT2D eigenvalue weighted by Gasteiger charge is 2.44. The lowest BCUT2D eigenvalue weighted by Crippen LogP contribution is -2.60. The number of hydrogen-bond donors (Lipinski definition) is 1. The van der Waals surface area contributed by atoms with E-state index in [-0.39, 0.29) is 18.1 Å². The van der Waals surface area contributed by atoms with E-state index in [1.807, 2.05) is 17.0 Å². The van der Waals surface area contributed by atoms with Crippen LogP contribution in [0.2, 0.25) is 0 Å². The zero-order valence-corrected chi connectivity index (χ0v) is 12.0. The van der Waals surface area contributed by atoms with Gasteiger partial charge in [-0.2, -0.15) is 0 Å². The molecule has 4 nitrogen and oxygen atoms in total. The van der Waals surface area contributed by atoms with Crippen molar-refractivity contribution >= 4 is 11.6 Å². The maximum absolute atomic E-state index is 12.5. The average Bonchev–Trinajstić information content (AvgIpc) is 2.65. The van der Waals surface area contributed by atoms with Gasteiger partial charge in [0.15, 0.2) is 0 Å². The first-order chi connectivity index (χ1) is 9.71. The molecule has 1 aromatic carbocycles. The van der Waals surface area contributed by atoms with Gasteiger partial charge in [0.2, 0.25) is 0 Å². The fraction of sp³-hybridized carbons (Fsp3) is 0.562. The number of carbonyl (C=O) groups excluding carboxylic acids is 1. The number of rotatable bonds is 1. The summed E-state index contributed by atoms with van der Waals surface area (Å²) in [5.74, 6) is 0.0868. The highest BCUT2D eigenvalue weighted by molar-refractivity contribution is 5.96. The Morgan fingerprint density at radius 2 is 2.20 bits per heavy atom. The van der Waals surface area contributed by atoms with Gasteiger partial charge in [-0.05, 0) is 57.0 Å². The summed E-state index contributed by atoms with van der Waals surface area (Å²) in [6.07, 6.45) is 3.03. The van der Waals surface area contributed by atoms with Crippen molar-refractivity contribution in [3.05, 3.63) is 29.8 Å². The first kappa shape index (κ1) is 13.6. The Hall–Kier alpha value is -1.39. The van der Waals surface area contributed by atoms with Crippen molar-refractivity contribution in [2.75, 3.05) is 31.2 Å². The average molecular weight is 274 g/mol. The van der Waals surface area contributed by atoms with Crippen molar-refractivity contribution < 1.29 is 9.53 Å². The minimum atomic E-state index is -0.174. The molecule has 2 aliphatic rings. The van der Waals surface area contributed by atoms with Gasteiger partial charge >= 0.3 is 0 Å². The van der Waals surface area contributed by atoms with E-state index in [1.165, 1.54) is 5.56 Å². The summed E-state index contributed by atoms with van der Waals surface area (Å²) >= 11 is 0. The van der Waals surface area contributed by atoms with Gasteiger partial charge in [-0.25, -0.2) is 0 Å². The zero-order chi connectivity index (χ0) is 14.0. The minimum Gasteiger partial charge on any atom is -0.369 e. The summed E-state index contributed by atoms with van der Waals surface area (Å²) in [5.41, 5.74) is 2.02. The van der Waals surface area contributed by atoms with Gasteiger partial charge in [0.1, 0.15) is 6.61 Å². The summed E-state index contributed by atoms with van der Waals surface area (Å²) < 4.78 is 5.59. The van der Waals surface area contributed by atoms with E-state index in [0.717, 1.165) is 38.0 Å². The quantitative estimate of drug-likeness (QED) is 0.850. The molecule has 2 heterocycles. The molecule has 3 rings (SSSR count). The predicted octanol–water partition coefficient (Wildman–Crippen LogP) is 1.87. The zero-order valence-electron chi connectivity index (χ0n) is 12.0. The Morgan fingerprint density at radius 3 is 3.05 bits per heavy atom. The summed E-state index contributed by atoms with van der Waals surface area (Å²) in [5, 5.41) is 3.42. The lowest BCUT2D eigenvalue weighted by atomic mass is 9.87. The Labute approximate surface area is 120 Å². The summed E-state index contributed by atoms with van der Waals surface area (Å²) in [7, 11) is 0. The Balaban J connectivity index is 1.99. The summed E-state index contributed by atoms with van der Waals surface area (Å²) in [6.45, 7) is 4.88. The van der Waals surface area contributed by atoms with Crippen molar-refractivity contribution in [2.24, 2.45) is 0 Å². The van der Waals surface area contributed by atoms with Crippen LogP contribution in [-0.2, 0) is 9.53 Å². The number of benzene rings is 1. The molecule has 1 atom stereocenters. The van der Waals surface area contributed by atoms with Gasteiger partial charge in [-0.1, -0.05) is 12.1 Å². The second-order valence-corrected chi connectivity index (χ2v) is 5.89.